The van der Waals surface area contributed by atoms with Crippen LogP contribution in [0.2, 0.25) is 0 Å². The van der Waals surface area contributed by atoms with Gasteiger partial charge in [-0.15, -0.1) is 0 Å². The average Bonchev–Trinajstić information content (AvgIpc) is 2.44. The summed E-state index contributed by atoms with van der Waals surface area (Å²) in [6, 6.07) is 0. The van der Waals surface area contributed by atoms with Gasteiger partial charge in [-0.2, -0.15) is 0 Å². The summed E-state index contributed by atoms with van der Waals surface area (Å²) in [5.41, 5.74) is 0. The van der Waals surface area contributed by atoms with Gasteiger partial charge < -0.3 is 4.74 Å². The molecule has 0 bridgehead atoms. The molecule has 0 aromatic carbocycles. The van der Waals surface area contributed by atoms with Crippen molar-refractivity contribution in [3.8, 4) is 0 Å². The Bertz CT molecular complexity index is 393. The van der Waals surface area contributed by atoms with Gasteiger partial charge in [0.25, 0.3) is 0 Å². The molecule has 2 heterocycles. The van der Waals surface area contributed by atoms with Crippen LogP contribution < -0.4 is 0 Å². The third-order valence-corrected chi connectivity index (χ3v) is 5.49. The van der Waals surface area contributed by atoms with Crippen LogP contribution >= 0.6 is 15.9 Å². The zero-order valence-electron chi connectivity index (χ0n) is 7.44. The number of halogens is 1. The summed E-state index contributed by atoms with van der Waals surface area (Å²) in [6.45, 7) is 1.24. The number of nitrogens with zero attached hydrogens (tertiary/aromatic N) is 1. The zero-order valence-corrected chi connectivity index (χ0v) is 9.84. The second-order valence-corrected chi connectivity index (χ2v) is 6.53. The average molecular weight is 280 g/mol. The van der Waals surface area contributed by atoms with E-state index < -0.39 is 9.84 Å². The van der Waals surface area contributed by atoms with Crippen molar-refractivity contribution in [1.82, 2.24) is 0 Å². The molecule has 1 fully saturated rings. The van der Waals surface area contributed by atoms with Gasteiger partial charge in [0.05, 0.1) is 6.20 Å². The highest BCUT2D eigenvalue weighted by molar-refractivity contribution is 9.14. The minimum absolute atomic E-state index is 0.0278. The second kappa shape index (κ2) is 3.75. The Balaban J connectivity index is 2.22. The molecule has 78 valence electrons. The lowest BCUT2D eigenvalue weighted by Gasteiger charge is -2.21. The Labute approximate surface area is 91.1 Å². The number of hydrogen-bond acceptors (Lipinski definition) is 4. The highest BCUT2D eigenvalue weighted by atomic mass is 79.9. The van der Waals surface area contributed by atoms with Gasteiger partial charge in [-0.3, -0.25) is 0 Å². The molecule has 0 aliphatic carbocycles. The minimum atomic E-state index is -3.29. The van der Waals surface area contributed by atoms with Crippen LogP contribution in [0.3, 0.4) is 0 Å². The van der Waals surface area contributed by atoms with Crippen LogP contribution in [0.5, 0.6) is 0 Å². The lowest BCUT2D eigenvalue weighted by Crippen LogP contribution is -2.27. The van der Waals surface area contributed by atoms with Gasteiger partial charge in [-0.05, 0) is 28.8 Å². The fourth-order valence-corrected chi connectivity index (χ4v) is 3.48. The van der Waals surface area contributed by atoms with Crippen LogP contribution in [-0.4, -0.2) is 26.7 Å². The van der Waals surface area contributed by atoms with E-state index in [0.29, 0.717) is 18.3 Å². The lowest BCUT2D eigenvalue weighted by molar-refractivity contribution is 0.0834. The largest absolute Gasteiger partial charge is 0.381 e. The van der Waals surface area contributed by atoms with E-state index in [4.69, 9.17) is 4.74 Å². The number of ether oxygens (including phenoxy) is 1. The summed E-state index contributed by atoms with van der Waals surface area (Å²) < 4.78 is 28.8. The SMILES string of the molecule is O=S1(=O)C(Br)=CN=C1C1CCOCC1. The Kier molecular flexibility index (Phi) is 2.77. The van der Waals surface area contributed by atoms with E-state index in [2.05, 4.69) is 20.9 Å². The van der Waals surface area contributed by atoms with Crippen molar-refractivity contribution in [3.63, 3.8) is 0 Å². The Hall–Kier alpha value is -0.200. The van der Waals surface area contributed by atoms with Crippen molar-refractivity contribution in [1.29, 1.82) is 0 Å². The first-order valence-corrected chi connectivity index (χ1v) is 6.66. The molecular formula is C8H10BrNO3S. The standard InChI is InChI=1S/C8H10BrNO3S/c9-7-5-10-8(14(7,11)12)6-1-3-13-4-2-6/h5-6H,1-4H2. The second-order valence-electron chi connectivity index (χ2n) is 3.29. The van der Waals surface area contributed by atoms with Gasteiger partial charge in [-0.1, -0.05) is 0 Å². The monoisotopic (exact) mass is 279 g/mol. The molecule has 2 rings (SSSR count). The molecule has 2 aliphatic heterocycles. The first kappa shape index (κ1) is 10.3. The van der Waals surface area contributed by atoms with Crippen molar-refractivity contribution < 1.29 is 13.2 Å². The molecule has 0 amide bonds. The predicted molar refractivity (Wildman–Crippen MR) is 56.9 cm³/mol. The van der Waals surface area contributed by atoms with Gasteiger partial charge in [0.2, 0.25) is 9.84 Å². The number of sulfone groups is 1. The van der Waals surface area contributed by atoms with Crippen molar-refractivity contribution in [2.75, 3.05) is 13.2 Å². The molecule has 1 saturated heterocycles. The van der Waals surface area contributed by atoms with Crippen LogP contribution in [0, 0.1) is 5.92 Å². The molecule has 0 radical (unpaired) electrons. The highest BCUT2D eigenvalue weighted by Gasteiger charge is 2.34. The quantitative estimate of drug-likeness (QED) is 0.730. The topological polar surface area (TPSA) is 55.7 Å². The van der Waals surface area contributed by atoms with Crippen LogP contribution in [0.1, 0.15) is 12.8 Å². The molecule has 0 aromatic heterocycles. The first-order chi connectivity index (χ1) is 6.62. The molecule has 4 nitrogen and oxygen atoms in total. The van der Waals surface area contributed by atoms with Gasteiger partial charge in [0.1, 0.15) is 8.86 Å². The Morgan fingerprint density at radius 3 is 2.57 bits per heavy atom. The Morgan fingerprint density at radius 1 is 1.43 bits per heavy atom. The van der Waals surface area contributed by atoms with Crippen molar-refractivity contribution in [2.45, 2.75) is 12.8 Å². The molecule has 14 heavy (non-hydrogen) atoms. The van der Waals surface area contributed by atoms with Gasteiger partial charge in [-0.25, -0.2) is 13.4 Å². The minimum Gasteiger partial charge on any atom is -0.381 e. The molecule has 0 N–H and O–H groups in total. The predicted octanol–water partition coefficient (Wildman–Crippen LogP) is 1.43. The fourth-order valence-electron chi connectivity index (χ4n) is 1.62. The maximum absolute atomic E-state index is 11.7. The van der Waals surface area contributed by atoms with Crippen LogP contribution in [-0.2, 0) is 14.6 Å². The summed E-state index contributed by atoms with van der Waals surface area (Å²) in [5.74, 6) is 0.0278. The molecule has 0 unspecified atom stereocenters. The summed E-state index contributed by atoms with van der Waals surface area (Å²) in [5, 5.41) is 0.299. The van der Waals surface area contributed by atoms with E-state index in [1.54, 1.807) is 0 Å². The number of rotatable bonds is 1. The van der Waals surface area contributed by atoms with E-state index in [1.165, 1.54) is 6.20 Å². The summed E-state index contributed by atoms with van der Waals surface area (Å²) in [4.78, 5) is 3.96. The van der Waals surface area contributed by atoms with E-state index in [-0.39, 0.29) is 9.73 Å². The fraction of sp³-hybridized carbons (Fsp3) is 0.625. The third-order valence-electron chi connectivity index (χ3n) is 2.40. The van der Waals surface area contributed by atoms with Crippen molar-refractivity contribution >= 4 is 30.8 Å². The van der Waals surface area contributed by atoms with Gasteiger partial charge >= 0.3 is 0 Å². The summed E-state index contributed by atoms with van der Waals surface area (Å²) in [6.07, 6.45) is 2.85. The normalized spacial score (nSPS) is 27.2. The highest BCUT2D eigenvalue weighted by Crippen LogP contribution is 2.30. The molecule has 6 heteroatoms. The van der Waals surface area contributed by atoms with E-state index in [1.807, 2.05) is 0 Å². The first-order valence-electron chi connectivity index (χ1n) is 4.38. The maximum Gasteiger partial charge on any atom is 0.228 e. The van der Waals surface area contributed by atoms with Crippen LogP contribution in [0.15, 0.2) is 15.0 Å². The summed E-state index contributed by atoms with van der Waals surface area (Å²) >= 11 is 2.99. The number of hydrogen-bond donors (Lipinski definition) is 0. The molecule has 0 saturated carbocycles. The van der Waals surface area contributed by atoms with Crippen molar-refractivity contribution in [2.24, 2.45) is 10.9 Å². The number of aliphatic imine (C=N–C) groups is 1. The van der Waals surface area contributed by atoms with Crippen molar-refractivity contribution in [3.05, 3.63) is 10.0 Å². The smallest absolute Gasteiger partial charge is 0.228 e. The van der Waals surface area contributed by atoms with E-state index in [0.717, 1.165) is 12.8 Å². The molecule has 2 aliphatic rings. The van der Waals surface area contributed by atoms with E-state index in [9.17, 15) is 8.42 Å². The van der Waals surface area contributed by atoms with Crippen LogP contribution in [0.4, 0.5) is 0 Å². The zero-order chi connectivity index (χ0) is 10.2. The maximum atomic E-state index is 11.7. The van der Waals surface area contributed by atoms with Crippen LogP contribution in [0.25, 0.3) is 0 Å². The Morgan fingerprint density at radius 2 is 2.07 bits per heavy atom. The van der Waals surface area contributed by atoms with Gasteiger partial charge in [0.15, 0.2) is 0 Å². The molecule has 0 spiro atoms. The van der Waals surface area contributed by atoms with Gasteiger partial charge in [0, 0.05) is 19.1 Å². The third kappa shape index (κ3) is 1.66. The van der Waals surface area contributed by atoms with E-state index >= 15 is 0 Å². The lowest BCUT2D eigenvalue weighted by atomic mass is 10.0. The molecular weight excluding hydrogens is 270 g/mol. The molecule has 0 aromatic rings. The summed E-state index contributed by atoms with van der Waals surface area (Å²) in [7, 11) is -3.29. The molecule has 0 atom stereocenters.